The van der Waals surface area contributed by atoms with E-state index in [1.54, 1.807) is 36.4 Å². The number of aryl methyl sites for hydroxylation is 1. The third-order valence-corrected chi connectivity index (χ3v) is 4.34. The number of carbonyl (C=O) groups excluding carboxylic acids is 1. The van der Waals surface area contributed by atoms with Gasteiger partial charge in [-0.1, -0.05) is 38.1 Å². The topological polar surface area (TPSA) is 38.3 Å². The van der Waals surface area contributed by atoms with Crippen molar-refractivity contribution in [1.29, 1.82) is 0 Å². The van der Waals surface area contributed by atoms with Gasteiger partial charge in [-0.3, -0.25) is 4.79 Å². The molecule has 0 fully saturated rings. The fraction of sp³-hybridized carbons (Fsp3) is 0.174. The van der Waals surface area contributed by atoms with Gasteiger partial charge in [0.25, 0.3) is 5.91 Å². The van der Waals surface area contributed by atoms with Gasteiger partial charge < -0.3 is 10.1 Å². The number of benzene rings is 3. The average Bonchev–Trinajstić information content (AvgIpc) is 2.65. The normalized spacial score (nSPS) is 10.7. The molecular weight excluding hydrogens is 341 g/mol. The smallest absolute Gasteiger partial charge is 0.258 e. The molecule has 3 nitrogen and oxygen atoms in total. The van der Waals surface area contributed by atoms with E-state index >= 15 is 0 Å². The molecule has 1 amide bonds. The van der Waals surface area contributed by atoms with E-state index < -0.39 is 11.7 Å². The van der Waals surface area contributed by atoms with Crippen LogP contribution in [0.2, 0.25) is 0 Å². The summed E-state index contributed by atoms with van der Waals surface area (Å²) in [5, 5.41) is 2.69. The molecule has 0 saturated carbocycles. The zero-order valence-corrected chi connectivity index (χ0v) is 15.6. The van der Waals surface area contributed by atoms with Gasteiger partial charge in [0.1, 0.15) is 17.3 Å². The third-order valence-electron chi connectivity index (χ3n) is 4.34. The van der Waals surface area contributed by atoms with Crippen LogP contribution in [0.15, 0.2) is 66.7 Å². The average molecular weight is 363 g/mol. The second-order valence-electron chi connectivity index (χ2n) is 6.74. The Morgan fingerprint density at radius 2 is 1.70 bits per heavy atom. The van der Waals surface area contributed by atoms with Gasteiger partial charge in [-0.2, -0.15) is 0 Å². The van der Waals surface area contributed by atoms with Crippen LogP contribution in [-0.2, 0) is 0 Å². The minimum absolute atomic E-state index is 0.0129. The summed E-state index contributed by atoms with van der Waals surface area (Å²) in [6.45, 7) is 6.28. The Kier molecular flexibility index (Phi) is 5.55. The lowest BCUT2D eigenvalue weighted by Crippen LogP contribution is -2.13. The minimum Gasteiger partial charge on any atom is -0.457 e. The van der Waals surface area contributed by atoms with Crippen molar-refractivity contribution in [1.82, 2.24) is 0 Å². The maximum absolute atomic E-state index is 13.7. The highest BCUT2D eigenvalue weighted by Crippen LogP contribution is 2.29. The van der Waals surface area contributed by atoms with Gasteiger partial charge in [-0.05, 0) is 66.4 Å². The van der Waals surface area contributed by atoms with Crippen LogP contribution < -0.4 is 10.1 Å². The molecule has 0 aromatic heterocycles. The molecule has 0 aliphatic rings. The van der Waals surface area contributed by atoms with Crippen LogP contribution in [0.3, 0.4) is 0 Å². The standard InChI is InChI=1S/C23H22FNO2/c1-15(2)17-9-8-16(3)22(14-17)27-19-12-10-18(11-13-19)25-23(26)20-6-4-5-7-21(20)24/h4-15H,1-3H3,(H,25,26). The number of ether oxygens (including phenoxy) is 1. The van der Waals surface area contributed by atoms with Crippen LogP contribution in [-0.4, -0.2) is 5.91 Å². The Hall–Kier alpha value is -3.14. The first-order valence-corrected chi connectivity index (χ1v) is 8.88. The Morgan fingerprint density at radius 3 is 2.37 bits per heavy atom. The summed E-state index contributed by atoms with van der Waals surface area (Å²) in [5.41, 5.74) is 2.85. The van der Waals surface area contributed by atoms with Crippen molar-refractivity contribution in [2.24, 2.45) is 0 Å². The fourth-order valence-corrected chi connectivity index (χ4v) is 2.66. The number of nitrogens with one attached hydrogen (secondary N) is 1. The van der Waals surface area contributed by atoms with Crippen LogP contribution >= 0.6 is 0 Å². The molecule has 1 N–H and O–H groups in total. The van der Waals surface area contributed by atoms with Crippen LogP contribution in [0, 0.1) is 12.7 Å². The first-order valence-electron chi connectivity index (χ1n) is 8.88. The Labute approximate surface area is 158 Å². The van der Waals surface area contributed by atoms with Crippen LogP contribution in [0.4, 0.5) is 10.1 Å². The van der Waals surface area contributed by atoms with Crippen molar-refractivity contribution in [2.75, 3.05) is 5.32 Å². The van der Waals surface area contributed by atoms with Gasteiger partial charge in [0, 0.05) is 5.69 Å². The first kappa shape index (κ1) is 18.6. The SMILES string of the molecule is Cc1ccc(C(C)C)cc1Oc1ccc(NC(=O)c2ccccc2F)cc1. The number of rotatable bonds is 5. The summed E-state index contributed by atoms with van der Waals surface area (Å²) in [4.78, 5) is 12.2. The van der Waals surface area contributed by atoms with Gasteiger partial charge in [-0.15, -0.1) is 0 Å². The van der Waals surface area contributed by atoms with Gasteiger partial charge in [0.05, 0.1) is 5.56 Å². The molecule has 3 aromatic carbocycles. The van der Waals surface area contributed by atoms with Crippen molar-refractivity contribution in [3.8, 4) is 11.5 Å². The van der Waals surface area contributed by atoms with E-state index in [4.69, 9.17) is 4.74 Å². The van der Waals surface area contributed by atoms with Crippen molar-refractivity contribution < 1.29 is 13.9 Å². The molecule has 3 rings (SSSR count). The highest BCUT2D eigenvalue weighted by atomic mass is 19.1. The molecule has 0 aliphatic carbocycles. The van der Waals surface area contributed by atoms with E-state index in [-0.39, 0.29) is 5.56 Å². The third kappa shape index (κ3) is 4.53. The Bertz CT molecular complexity index is 949. The van der Waals surface area contributed by atoms with Gasteiger partial charge in [0.2, 0.25) is 0 Å². The number of halogens is 1. The first-order chi connectivity index (χ1) is 12.9. The van der Waals surface area contributed by atoms with E-state index in [0.29, 0.717) is 17.4 Å². The number of hydrogen-bond acceptors (Lipinski definition) is 2. The molecule has 0 aliphatic heterocycles. The van der Waals surface area contributed by atoms with E-state index in [2.05, 4.69) is 25.2 Å². The maximum Gasteiger partial charge on any atom is 0.258 e. The van der Waals surface area contributed by atoms with E-state index in [9.17, 15) is 9.18 Å². The lowest BCUT2D eigenvalue weighted by Gasteiger charge is -2.13. The van der Waals surface area contributed by atoms with Crippen LogP contribution in [0.5, 0.6) is 11.5 Å². The van der Waals surface area contributed by atoms with Gasteiger partial charge >= 0.3 is 0 Å². The van der Waals surface area contributed by atoms with Crippen LogP contribution in [0.1, 0.15) is 41.3 Å². The quantitative estimate of drug-likeness (QED) is 0.577. The van der Waals surface area contributed by atoms with Crippen molar-refractivity contribution in [3.63, 3.8) is 0 Å². The fourth-order valence-electron chi connectivity index (χ4n) is 2.66. The summed E-state index contributed by atoms with van der Waals surface area (Å²) in [6, 6.07) is 19.1. The largest absolute Gasteiger partial charge is 0.457 e. The predicted molar refractivity (Wildman–Crippen MR) is 106 cm³/mol. The zero-order chi connectivity index (χ0) is 19.4. The maximum atomic E-state index is 13.7. The summed E-state index contributed by atoms with van der Waals surface area (Å²) in [5.74, 6) is 0.869. The number of amides is 1. The molecule has 138 valence electrons. The monoisotopic (exact) mass is 363 g/mol. The van der Waals surface area contributed by atoms with E-state index in [1.807, 2.05) is 19.1 Å². The molecule has 0 unspecified atom stereocenters. The lowest BCUT2D eigenvalue weighted by atomic mass is 10.0. The summed E-state index contributed by atoms with van der Waals surface area (Å²) < 4.78 is 19.7. The van der Waals surface area contributed by atoms with Crippen molar-refractivity contribution >= 4 is 11.6 Å². The van der Waals surface area contributed by atoms with E-state index in [0.717, 1.165) is 11.3 Å². The molecule has 0 atom stereocenters. The molecule has 27 heavy (non-hydrogen) atoms. The molecule has 0 radical (unpaired) electrons. The summed E-state index contributed by atoms with van der Waals surface area (Å²) in [6.07, 6.45) is 0. The molecular formula is C23H22FNO2. The number of carbonyl (C=O) groups is 1. The predicted octanol–water partition coefficient (Wildman–Crippen LogP) is 6.30. The molecule has 0 saturated heterocycles. The summed E-state index contributed by atoms with van der Waals surface area (Å²) in [7, 11) is 0. The summed E-state index contributed by atoms with van der Waals surface area (Å²) >= 11 is 0. The lowest BCUT2D eigenvalue weighted by molar-refractivity contribution is 0.102. The highest BCUT2D eigenvalue weighted by Gasteiger charge is 2.11. The number of hydrogen-bond donors (Lipinski definition) is 1. The number of anilines is 1. The second-order valence-corrected chi connectivity index (χ2v) is 6.74. The molecule has 4 heteroatoms. The van der Waals surface area contributed by atoms with Crippen LogP contribution in [0.25, 0.3) is 0 Å². The second kappa shape index (κ2) is 8.04. The van der Waals surface area contributed by atoms with E-state index in [1.165, 1.54) is 17.7 Å². The van der Waals surface area contributed by atoms with Crippen molar-refractivity contribution in [2.45, 2.75) is 26.7 Å². The van der Waals surface area contributed by atoms with Gasteiger partial charge in [-0.25, -0.2) is 4.39 Å². The van der Waals surface area contributed by atoms with Crippen molar-refractivity contribution in [3.05, 3.63) is 89.2 Å². The Morgan fingerprint density at radius 1 is 1.00 bits per heavy atom. The molecule has 0 spiro atoms. The highest BCUT2D eigenvalue weighted by molar-refractivity contribution is 6.04. The van der Waals surface area contributed by atoms with Gasteiger partial charge in [0.15, 0.2) is 0 Å². The minimum atomic E-state index is -0.546. The molecule has 0 heterocycles. The Balaban J connectivity index is 1.72. The molecule has 0 bridgehead atoms. The zero-order valence-electron chi connectivity index (χ0n) is 15.6. The molecule has 3 aromatic rings.